The molecule has 19 heavy (non-hydrogen) atoms. The van der Waals surface area contributed by atoms with Crippen molar-refractivity contribution >= 4 is 21.9 Å². The molecule has 0 aliphatic carbocycles. The summed E-state index contributed by atoms with van der Waals surface area (Å²) < 4.78 is 18.7. The first-order chi connectivity index (χ1) is 9.04. The van der Waals surface area contributed by atoms with E-state index in [2.05, 4.69) is 15.9 Å². The number of hydrogen-bond acceptors (Lipinski definition) is 3. The molecule has 0 aliphatic rings. The first kappa shape index (κ1) is 16.1. The Morgan fingerprint density at radius 2 is 2.26 bits per heavy atom. The van der Waals surface area contributed by atoms with Crippen LogP contribution in [0.5, 0.6) is 0 Å². The third-order valence-corrected chi connectivity index (χ3v) is 3.42. The summed E-state index contributed by atoms with van der Waals surface area (Å²) >= 11 is 3.25. The number of aliphatic hydroxyl groups excluding tert-OH is 1. The Labute approximate surface area is 120 Å². The van der Waals surface area contributed by atoms with E-state index < -0.39 is 11.9 Å². The van der Waals surface area contributed by atoms with E-state index in [4.69, 9.17) is 4.74 Å². The van der Waals surface area contributed by atoms with Crippen LogP contribution >= 0.6 is 15.9 Å². The standard InChI is InChI=1S/C14H18BrFO3/c1-2-3-8-19-14(18)7-6-13(17)11-9-10(16)4-5-12(11)15/h4-5,9,13,17H,2-3,6-8H2,1H3. The Hall–Kier alpha value is -0.940. The maximum atomic E-state index is 13.1. The third-order valence-electron chi connectivity index (χ3n) is 2.70. The number of unbranched alkanes of at least 4 members (excludes halogenated alkanes) is 1. The molecule has 0 aliphatic heterocycles. The Balaban J connectivity index is 2.44. The van der Waals surface area contributed by atoms with Gasteiger partial charge in [-0.3, -0.25) is 4.79 Å². The van der Waals surface area contributed by atoms with Crippen LogP contribution in [0.2, 0.25) is 0 Å². The van der Waals surface area contributed by atoms with Crippen molar-refractivity contribution in [1.82, 2.24) is 0 Å². The minimum atomic E-state index is -0.885. The zero-order valence-corrected chi connectivity index (χ0v) is 12.5. The highest BCUT2D eigenvalue weighted by molar-refractivity contribution is 9.10. The summed E-state index contributed by atoms with van der Waals surface area (Å²) in [5.74, 6) is -0.747. The van der Waals surface area contributed by atoms with Crippen LogP contribution in [0.15, 0.2) is 22.7 Å². The average molecular weight is 333 g/mol. The van der Waals surface area contributed by atoms with E-state index in [1.54, 1.807) is 0 Å². The molecule has 1 N–H and O–H groups in total. The molecule has 1 unspecified atom stereocenters. The van der Waals surface area contributed by atoms with Gasteiger partial charge in [-0.2, -0.15) is 0 Å². The second-order valence-corrected chi connectivity index (χ2v) is 5.15. The fourth-order valence-electron chi connectivity index (χ4n) is 1.58. The van der Waals surface area contributed by atoms with Crippen LogP contribution in [-0.4, -0.2) is 17.7 Å². The molecule has 0 bridgehead atoms. The third kappa shape index (κ3) is 5.70. The molecule has 3 nitrogen and oxygen atoms in total. The molecule has 0 fully saturated rings. The fraction of sp³-hybridized carbons (Fsp3) is 0.500. The molecular formula is C14H18BrFO3. The second-order valence-electron chi connectivity index (χ2n) is 4.29. The number of carbonyl (C=O) groups excluding carboxylic acids is 1. The molecule has 0 heterocycles. The van der Waals surface area contributed by atoms with Gasteiger partial charge in [-0.25, -0.2) is 4.39 Å². The lowest BCUT2D eigenvalue weighted by atomic mass is 10.0. The van der Waals surface area contributed by atoms with Crippen molar-refractivity contribution in [1.29, 1.82) is 0 Å². The molecule has 1 rings (SSSR count). The number of benzene rings is 1. The number of carbonyl (C=O) groups is 1. The molecule has 0 saturated heterocycles. The van der Waals surface area contributed by atoms with Gasteiger partial charge in [0.15, 0.2) is 0 Å². The van der Waals surface area contributed by atoms with E-state index in [1.807, 2.05) is 6.92 Å². The number of hydrogen-bond donors (Lipinski definition) is 1. The van der Waals surface area contributed by atoms with Gasteiger partial charge in [0.05, 0.1) is 12.7 Å². The number of esters is 1. The monoisotopic (exact) mass is 332 g/mol. The van der Waals surface area contributed by atoms with Gasteiger partial charge in [0, 0.05) is 10.9 Å². The van der Waals surface area contributed by atoms with Crippen LogP contribution in [0.25, 0.3) is 0 Å². The molecular weight excluding hydrogens is 315 g/mol. The first-order valence-corrected chi connectivity index (χ1v) is 7.12. The predicted octanol–water partition coefficient (Wildman–Crippen LogP) is 3.75. The summed E-state index contributed by atoms with van der Waals surface area (Å²) in [5, 5.41) is 9.94. The second kappa shape index (κ2) is 8.27. The number of rotatable bonds is 7. The van der Waals surface area contributed by atoms with E-state index >= 15 is 0 Å². The smallest absolute Gasteiger partial charge is 0.305 e. The molecule has 106 valence electrons. The molecule has 5 heteroatoms. The van der Waals surface area contributed by atoms with Gasteiger partial charge >= 0.3 is 5.97 Å². The largest absolute Gasteiger partial charge is 0.466 e. The van der Waals surface area contributed by atoms with Crippen LogP contribution in [0.4, 0.5) is 4.39 Å². The van der Waals surface area contributed by atoms with E-state index in [0.717, 1.165) is 12.8 Å². The van der Waals surface area contributed by atoms with Crippen LogP contribution in [0, 0.1) is 5.82 Å². The van der Waals surface area contributed by atoms with Gasteiger partial charge in [0.1, 0.15) is 5.82 Å². The van der Waals surface area contributed by atoms with E-state index in [9.17, 15) is 14.3 Å². The topological polar surface area (TPSA) is 46.5 Å². The number of aliphatic hydroxyl groups is 1. The minimum Gasteiger partial charge on any atom is -0.466 e. The highest BCUT2D eigenvalue weighted by Crippen LogP contribution is 2.27. The Kier molecular flexibility index (Phi) is 7.02. The fourth-order valence-corrected chi connectivity index (χ4v) is 2.09. The number of ether oxygens (including phenoxy) is 1. The maximum Gasteiger partial charge on any atom is 0.305 e. The average Bonchev–Trinajstić information content (AvgIpc) is 2.39. The van der Waals surface area contributed by atoms with Crippen LogP contribution in [0.3, 0.4) is 0 Å². The lowest BCUT2D eigenvalue weighted by Crippen LogP contribution is -2.08. The normalized spacial score (nSPS) is 12.2. The predicted molar refractivity (Wildman–Crippen MR) is 74.2 cm³/mol. The minimum absolute atomic E-state index is 0.119. The molecule has 0 spiro atoms. The Bertz CT molecular complexity index is 423. The SMILES string of the molecule is CCCCOC(=O)CCC(O)c1cc(F)ccc1Br. The summed E-state index contributed by atoms with van der Waals surface area (Å²) in [5.41, 5.74) is 0.446. The summed E-state index contributed by atoms with van der Waals surface area (Å²) in [6, 6.07) is 4.10. The quantitative estimate of drug-likeness (QED) is 0.611. The van der Waals surface area contributed by atoms with Crippen LogP contribution in [-0.2, 0) is 9.53 Å². The highest BCUT2D eigenvalue weighted by Gasteiger charge is 2.14. The van der Waals surface area contributed by atoms with Crippen molar-refractivity contribution < 1.29 is 19.0 Å². The van der Waals surface area contributed by atoms with Crippen molar-refractivity contribution in [2.24, 2.45) is 0 Å². The molecule has 1 atom stereocenters. The highest BCUT2D eigenvalue weighted by atomic mass is 79.9. The molecule has 0 amide bonds. The van der Waals surface area contributed by atoms with Crippen LogP contribution < -0.4 is 0 Å². The molecule has 0 saturated carbocycles. The van der Waals surface area contributed by atoms with E-state index in [0.29, 0.717) is 16.6 Å². The molecule has 1 aromatic rings. The zero-order chi connectivity index (χ0) is 14.3. The zero-order valence-electron chi connectivity index (χ0n) is 10.9. The molecule has 0 radical (unpaired) electrons. The van der Waals surface area contributed by atoms with Crippen molar-refractivity contribution in [3.63, 3.8) is 0 Å². The van der Waals surface area contributed by atoms with Gasteiger partial charge in [0.25, 0.3) is 0 Å². The van der Waals surface area contributed by atoms with Crippen molar-refractivity contribution in [3.05, 3.63) is 34.1 Å². The number of halogens is 2. The van der Waals surface area contributed by atoms with Gasteiger partial charge in [-0.05, 0) is 36.6 Å². The lowest BCUT2D eigenvalue weighted by molar-refractivity contribution is -0.144. The Morgan fingerprint density at radius 1 is 1.53 bits per heavy atom. The summed E-state index contributed by atoms with van der Waals surface area (Å²) in [4.78, 5) is 11.4. The van der Waals surface area contributed by atoms with Gasteiger partial charge in [-0.15, -0.1) is 0 Å². The van der Waals surface area contributed by atoms with Gasteiger partial charge in [0.2, 0.25) is 0 Å². The van der Waals surface area contributed by atoms with E-state index in [-0.39, 0.29) is 18.8 Å². The van der Waals surface area contributed by atoms with Gasteiger partial charge < -0.3 is 9.84 Å². The van der Waals surface area contributed by atoms with Crippen molar-refractivity contribution in [2.75, 3.05) is 6.61 Å². The van der Waals surface area contributed by atoms with Crippen molar-refractivity contribution in [2.45, 2.75) is 38.7 Å². The summed E-state index contributed by atoms with van der Waals surface area (Å²) in [7, 11) is 0. The van der Waals surface area contributed by atoms with E-state index in [1.165, 1.54) is 18.2 Å². The molecule has 1 aromatic carbocycles. The van der Waals surface area contributed by atoms with Gasteiger partial charge in [-0.1, -0.05) is 29.3 Å². The first-order valence-electron chi connectivity index (χ1n) is 6.33. The summed E-state index contributed by atoms with van der Waals surface area (Å²) in [6.45, 7) is 2.42. The van der Waals surface area contributed by atoms with Crippen LogP contribution in [0.1, 0.15) is 44.3 Å². The Morgan fingerprint density at radius 3 is 2.95 bits per heavy atom. The molecule has 0 aromatic heterocycles. The summed E-state index contributed by atoms with van der Waals surface area (Å²) in [6.07, 6.45) is 1.25. The lowest BCUT2D eigenvalue weighted by Gasteiger charge is -2.12. The van der Waals surface area contributed by atoms with Crippen molar-refractivity contribution in [3.8, 4) is 0 Å². The maximum absolute atomic E-state index is 13.1.